The van der Waals surface area contributed by atoms with Crippen LogP contribution in [0.15, 0.2) is 24.3 Å². The second-order valence-corrected chi connectivity index (χ2v) is 6.02. The van der Waals surface area contributed by atoms with E-state index >= 15 is 0 Å². The van der Waals surface area contributed by atoms with Gasteiger partial charge in [-0.15, -0.1) is 0 Å². The summed E-state index contributed by atoms with van der Waals surface area (Å²) < 4.78 is 13.0. The molecule has 1 aromatic carbocycles. The van der Waals surface area contributed by atoms with Gasteiger partial charge in [-0.05, 0) is 50.5 Å². The van der Waals surface area contributed by atoms with E-state index in [1.165, 1.54) is 12.1 Å². The SMILES string of the molecule is CC(C)N(c1ccc(F)cc1)C(C)C(C)(C)C. The van der Waals surface area contributed by atoms with Crippen LogP contribution < -0.4 is 4.90 Å². The average Bonchev–Trinajstić information content (AvgIpc) is 2.19. The molecule has 0 aliphatic carbocycles. The molecular formula is C15H24FN. The van der Waals surface area contributed by atoms with E-state index in [0.29, 0.717) is 12.1 Å². The summed E-state index contributed by atoms with van der Waals surface area (Å²) in [6.07, 6.45) is 0. The highest BCUT2D eigenvalue weighted by atomic mass is 19.1. The molecular weight excluding hydrogens is 213 g/mol. The van der Waals surface area contributed by atoms with Crippen LogP contribution in [-0.4, -0.2) is 12.1 Å². The van der Waals surface area contributed by atoms with E-state index in [-0.39, 0.29) is 11.2 Å². The molecule has 1 nitrogen and oxygen atoms in total. The lowest BCUT2D eigenvalue weighted by molar-refractivity contribution is 0.310. The van der Waals surface area contributed by atoms with Crippen LogP contribution in [0, 0.1) is 11.2 Å². The Bertz CT molecular complexity index is 348. The van der Waals surface area contributed by atoms with Crippen LogP contribution in [0.2, 0.25) is 0 Å². The molecule has 1 unspecified atom stereocenters. The van der Waals surface area contributed by atoms with Gasteiger partial charge < -0.3 is 4.90 Å². The largest absolute Gasteiger partial charge is 0.366 e. The maximum Gasteiger partial charge on any atom is 0.123 e. The Hall–Kier alpha value is -1.05. The highest BCUT2D eigenvalue weighted by Crippen LogP contribution is 2.30. The zero-order chi connectivity index (χ0) is 13.2. The number of hydrogen-bond donors (Lipinski definition) is 0. The minimum atomic E-state index is -0.180. The van der Waals surface area contributed by atoms with Crippen molar-refractivity contribution in [3.8, 4) is 0 Å². The molecule has 96 valence electrons. The Morgan fingerprint density at radius 2 is 1.47 bits per heavy atom. The summed E-state index contributed by atoms with van der Waals surface area (Å²) >= 11 is 0. The summed E-state index contributed by atoms with van der Waals surface area (Å²) in [6.45, 7) is 13.3. The fraction of sp³-hybridized carbons (Fsp3) is 0.600. The summed E-state index contributed by atoms with van der Waals surface area (Å²) in [6, 6.07) is 7.57. The van der Waals surface area contributed by atoms with E-state index in [2.05, 4.69) is 46.4 Å². The second kappa shape index (κ2) is 5.07. The molecule has 1 aromatic rings. The van der Waals surface area contributed by atoms with Crippen molar-refractivity contribution in [3.63, 3.8) is 0 Å². The number of rotatable bonds is 3. The topological polar surface area (TPSA) is 3.24 Å². The lowest BCUT2D eigenvalue weighted by Gasteiger charge is -2.42. The molecule has 0 aromatic heterocycles. The van der Waals surface area contributed by atoms with Gasteiger partial charge in [-0.2, -0.15) is 0 Å². The van der Waals surface area contributed by atoms with E-state index in [0.717, 1.165) is 5.69 Å². The molecule has 0 aliphatic rings. The standard InChI is InChI=1S/C15H24FN/c1-11(2)17(12(3)15(4,5)6)14-9-7-13(16)8-10-14/h7-12H,1-6H3. The van der Waals surface area contributed by atoms with E-state index in [4.69, 9.17) is 0 Å². The van der Waals surface area contributed by atoms with Gasteiger partial charge in [-0.25, -0.2) is 4.39 Å². The fourth-order valence-electron chi connectivity index (χ4n) is 2.00. The molecule has 1 atom stereocenters. The van der Waals surface area contributed by atoms with Crippen LogP contribution in [0.1, 0.15) is 41.5 Å². The first kappa shape index (κ1) is 14.0. The third-order valence-electron chi connectivity index (χ3n) is 3.35. The molecule has 0 saturated carbocycles. The highest BCUT2D eigenvalue weighted by Gasteiger charge is 2.28. The van der Waals surface area contributed by atoms with Crippen molar-refractivity contribution in [1.29, 1.82) is 0 Å². The predicted octanol–water partition coefficient (Wildman–Crippen LogP) is 4.48. The minimum absolute atomic E-state index is 0.180. The van der Waals surface area contributed by atoms with E-state index in [1.54, 1.807) is 0 Å². The molecule has 0 bridgehead atoms. The molecule has 0 aliphatic heterocycles. The van der Waals surface area contributed by atoms with Gasteiger partial charge in [0.25, 0.3) is 0 Å². The molecule has 0 spiro atoms. The summed E-state index contributed by atoms with van der Waals surface area (Å²) in [5, 5.41) is 0. The molecule has 17 heavy (non-hydrogen) atoms. The number of nitrogens with zero attached hydrogens (tertiary/aromatic N) is 1. The molecule has 0 N–H and O–H groups in total. The van der Waals surface area contributed by atoms with Crippen molar-refractivity contribution < 1.29 is 4.39 Å². The Balaban J connectivity index is 3.06. The van der Waals surface area contributed by atoms with Gasteiger partial charge in [0.2, 0.25) is 0 Å². The van der Waals surface area contributed by atoms with Gasteiger partial charge in [-0.1, -0.05) is 20.8 Å². The second-order valence-electron chi connectivity index (χ2n) is 6.02. The molecule has 1 rings (SSSR count). The third-order valence-corrected chi connectivity index (χ3v) is 3.35. The molecule has 0 fully saturated rings. The zero-order valence-corrected chi connectivity index (χ0v) is 11.8. The summed E-state index contributed by atoms with van der Waals surface area (Å²) in [4.78, 5) is 2.35. The number of halogens is 1. The van der Waals surface area contributed by atoms with Crippen molar-refractivity contribution in [2.45, 2.75) is 53.6 Å². The first-order chi connectivity index (χ1) is 7.73. The van der Waals surface area contributed by atoms with Crippen LogP contribution in [0.25, 0.3) is 0 Å². The van der Waals surface area contributed by atoms with E-state index < -0.39 is 0 Å². The number of anilines is 1. The third kappa shape index (κ3) is 3.45. The van der Waals surface area contributed by atoms with E-state index in [9.17, 15) is 4.39 Å². The number of hydrogen-bond acceptors (Lipinski definition) is 1. The predicted molar refractivity (Wildman–Crippen MR) is 72.9 cm³/mol. The molecule has 0 radical (unpaired) electrons. The molecule has 0 saturated heterocycles. The Labute approximate surface area is 105 Å². The normalized spacial score (nSPS) is 13.9. The fourth-order valence-corrected chi connectivity index (χ4v) is 2.00. The van der Waals surface area contributed by atoms with Crippen molar-refractivity contribution >= 4 is 5.69 Å². The van der Waals surface area contributed by atoms with Crippen molar-refractivity contribution in [1.82, 2.24) is 0 Å². The van der Waals surface area contributed by atoms with Crippen LogP contribution in [0.4, 0.5) is 10.1 Å². The smallest absolute Gasteiger partial charge is 0.123 e. The Morgan fingerprint density at radius 1 is 1.00 bits per heavy atom. The quantitative estimate of drug-likeness (QED) is 0.749. The Kier molecular flexibility index (Phi) is 4.18. The summed E-state index contributed by atoms with van der Waals surface area (Å²) in [5.41, 5.74) is 1.28. The van der Waals surface area contributed by atoms with Gasteiger partial charge in [0, 0.05) is 17.8 Å². The van der Waals surface area contributed by atoms with Crippen LogP contribution >= 0.6 is 0 Å². The van der Waals surface area contributed by atoms with Crippen molar-refractivity contribution in [2.24, 2.45) is 5.41 Å². The monoisotopic (exact) mass is 237 g/mol. The van der Waals surface area contributed by atoms with Gasteiger partial charge in [-0.3, -0.25) is 0 Å². The van der Waals surface area contributed by atoms with E-state index in [1.807, 2.05) is 12.1 Å². The maximum absolute atomic E-state index is 13.0. The van der Waals surface area contributed by atoms with Gasteiger partial charge in [0.1, 0.15) is 5.82 Å². The minimum Gasteiger partial charge on any atom is -0.366 e. The van der Waals surface area contributed by atoms with Crippen molar-refractivity contribution in [2.75, 3.05) is 4.90 Å². The van der Waals surface area contributed by atoms with Crippen LogP contribution in [-0.2, 0) is 0 Å². The van der Waals surface area contributed by atoms with Crippen LogP contribution in [0.5, 0.6) is 0 Å². The van der Waals surface area contributed by atoms with Gasteiger partial charge >= 0.3 is 0 Å². The number of benzene rings is 1. The Morgan fingerprint density at radius 3 is 1.82 bits per heavy atom. The molecule has 2 heteroatoms. The molecule has 0 amide bonds. The lowest BCUT2D eigenvalue weighted by atomic mass is 9.86. The van der Waals surface area contributed by atoms with Gasteiger partial charge in [0.15, 0.2) is 0 Å². The lowest BCUT2D eigenvalue weighted by Crippen LogP contribution is -2.46. The van der Waals surface area contributed by atoms with Crippen molar-refractivity contribution in [3.05, 3.63) is 30.1 Å². The summed E-state index contributed by atoms with van der Waals surface area (Å²) in [7, 11) is 0. The van der Waals surface area contributed by atoms with Crippen LogP contribution in [0.3, 0.4) is 0 Å². The maximum atomic E-state index is 13.0. The first-order valence-electron chi connectivity index (χ1n) is 6.27. The highest BCUT2D eigenvalue weighted by molar-refractivity contribution is 5.48. The average molecular weight is 237 g/mol. The summed E-state index contributed by atoms with van der Waals surface area (Å²) in [5.74, 6) is -0.180. The van der Waals surface area contributed by atoms with Gasteiger partial charge in [0.05, 0.1) is 0 Å². The molecule has 0 heterocycles. The first-order valence-corrected chi connectivity index (χ1v) is 6.27. The zero-order valence-electron chi connectivity index (χ0n) is 11.8.